The Kier molecular flexibility index (Phi) is 8.18. The molecule has 1 aliphatic heterocycles. The Morgan fingerprint density at radius 3 is 2.57 bits per heavy atom. The third-order valence-corrected chi connectivity index (χ3v) is 5.39. The number of carbonyl (C=O) groups is 1. The number of hydrazone groups is 1. The van der Waals surface area contributed by atoms with Crippen LogP contribution in [0.15, 0.2) is 66.3 Å². The number of piperazine rings is 1. The van der Waals surface area contributed by atoms with Gasteiger partial charge in [0.05, 0.1) is 18.8 Å². The van der Waals surface area contributed by atoms with E-state index in [1.54, 1.807) is 18.4 Å². The summed E-state index contributed by atoms with van der Waals surface area (Å²) in [7, 11) is 0. The van der Waals surface area contributed by atoms with E-state index in [2.05, 4.69) is 51.2 Å². The molecule has 1 saturated heterocycles. The van der Waals surface area contributed by atoms with Crippen molar-refractivity contribution in [3.05, 3.63) is 77.9 Å². The number of rotatable bonds is 10. The molecule has 6 heteroatoms. The van der Waals surface area contributed by atoms with Crippen molar-refractivity contribution in [1.82, 2.24) is 15.2 Å². The average Bonchev–Trinajstić information content (AvgIpc) is 2.78. The number of allylic oxidation sites excluding steroid dienone is 1. The number of phenolic OH excluding ortho intramolecular Hbond substituents is 1. The summed E-state index contributed by atoms with van der Waals surface area (Å²) in [6.45, 7) is 8.66. The fourth-order valence-corrected chi connectivity index (χ4v) is 3.66. The molecule has 0 radical (unpaired) electrons. The van der Waals surface area contributed by atoms with Crippen LogP contribution in [0.3, 0.4) is 0 Å². The lowest BCUT2D eigenvalue weighted by molar-refractivity contribution is -0.113. The van der Waals surface area contributed by atoms with Crippen LogP contribution in [0.1, 0.15) is 16.7 Å². The van der Waals surface area contributed by atoms with Gasteiger partial charge in [0.25, 0.3) is 0 Å². The van der Waals surface area contributed by atoms with Gasteiger partial charge in [-0.1, -0.05) is 48.5 Å². The first-order chi connectivity index (χ1) is 14.7. The summed E-state index contributed by atoms with van der Waals surface area (Å²) in [4.78, 5) is 16.2. The molecule has 1 atom stereocenters. The minimum absolute atomic E-state index is 0.212. The maximum Gasteiger partial charge on any atom is 0.138 e. The van der Waals surface area contributed by atoms with Crippen LogP contribution >= 0.6 is 0 Å². The molecule has 0 saturated carbocycles. The first kappa shape index (κ1) is 21.7. The molecular weight excluding hydrogens is 376 g/mol. The van der Waals surface area contributed by atoms with E-state index in [0.717, 1.165) is 44.6 Å². The monoisotopic (exact) mass is 406 g/mol. The SMILES string of the molecule is C=CCc1cccc(/C=N/NCC(C=O)N2CCN(Cc3ccccc3)CC2)c1O. The second-order valence-electron chi connectivity index (χ2n) is 7.47. The fourth-order valence-electron chi connectivity index (χ4n) is 3.66. The van der Waals surface area contributed by atoms with Gasteiger partial charge in [0.1, 0.15) is 12.0 Å². The highest BCUT2D eigenvalue weighted by molar-refractivity contribution is 5.83. The second-order valence-corrected chi connectivity index (χ2v) is 7.47. The summed E-state index contributed by atoms with van der Waals surface area (Å²) in [5, 5.41) is 14.5. The lowest BCUT2D eigenvalue weighted by atomic mass is 10.1. The van der Waals surface area contributed by atoms with Crippen molar-refractivity contribution < 1.29 is 9.90 Å². The molecule has 0 aromatic heterocycles. The number of nitrogens with one attached hydrogen (secondary N) is 1. The third kappa shape index (κ3) is 6.02. The highest BCUT2D eigenvalue weighted by atomic mass is 16.3. The van der Waals surface area contributed by atoms with Gasteiger partial charge in [-0.25, -0.2) is 0 Å². The molecule has 0 amide bonds. The van der Waals surface area contributed by atoms with Gasteiger partial charge in [-0.2, -0.15) is 5.10 Å². The lowest BCUT2D eigenvalue weighted by Crippen LogP contribution is -2.52. The van der Waals surface area contributed by atoms with E-state index in [-0.39, 0.29) is 11.8 Å². The molecule has 1 heterocycles. The minimum Gasteiger partial charge on any atom is -0.507 e. The van der Waals surface area contributed by atoms with Crippen LogP contribution in [0.4, 0.5) is 0 Å². The average molecular weight is 407 g/mol. The molecule has 3 rings (SSSR count). The molecule has 1 fully saturated rings. The summed E-state index contributed by atoms with van der Waals surface area (Å²) in [6.07, 6.45) is 4.92. The summed E-state index contributed by atoms with van der Waals surface area (Å²) in [5.41, 5.74) is 5.73. The van der Waals surface area contributed by atoms with Gasteiger partial charge in [0.2, 0.25) is 0 Å². The van der Waals surface area contributed by atoms with Crippen LogP contribution in [0.25, 0.3) is 0 Å². The van der Waals surface area contributed by atoms with Crippen molar-refractivity contribution >= 4 is 12.5 Å². The number of carbonyl (C=O) groups excluding carboxylic acids is 1. The van der Waals surface area contributed by atoms with Crippen molar-refractivity contribution in [2.45, 2.75) is 19.0 Å². The minimum atomic E-state index is -0.221. The number of benzene rings is 2. The smallest absolute Gasteiger partial charge is 0.138 e. The van der Waals surface area contributed by atoms with Gasteiger partial charge < -0.3 is 15.3 Å². The second kappa shape index (κ2) is 11.3. The fraction of sp³-hybridized carbons (Fsp3) is 0.333. The Bertz CT molecular complexity index is 846. The van der Waals surface area contributed by atoms with Crippen molar-refractivity contribution in [3.8, 4) is 5.75 Å². The number of nitrogens with zero attached hydrogens (tertiary/aromatic N) is 3. The Balaban J connectivity index is 1.46. The molecule has 0 aliphatic carbocycles. The molecule has 0 bridgehead atoms. The van der Waals surface area contributed by atoms with Gasteiger partial charge in [-0.05, 0) is 23.6 Å². The van der Waals surface area contributed by atoms with Gasteiger partial charge in [-0.15, -0.1) is 6.58 Å². The van der Waals surface area contributed by atoms with Crippen LogP contribution in [-0.4, -0.2) is 66.2 Å². The van der Waals surface area contributed by atoms with Crippen LogP contribution in [0.5, 0.6) is 5.75 Å². The molecular formula is C24H30N4O2. The Labute approximate surface area is 178 Å². The lowest BCUT2D eigenvalue weighted by Gasteiger charge is -2.37. The van der Waals surface area contributed by atoms with E-state index in [9.17, 15) is 9.90 Å². The molecule has 2 N–H and O–H groups in total. The van der Waals surface area contributed by atoms with Crippen LogP contribution in [0.2, 0.25) is 0 Å². The van der Waals surface area contributed by atoms with E-state index >= 15 is 0 Å². The van der Waals surface area contributed by atoms with E-state index in [0.29, 0.717) is 18.5 Å². The molecule has 2 aromatic rings. The largest absolute Gasteiger partial charge is 0.507 e. The predicted octanol–water partition coefficient (Wildman–Crippen LogP) is 2.43. The van der Waals surface area contributed by atoms with Gasteiger partial charge in [0, 0.05) is 38.3 Å². The molecule has 1 aliphatic rings. The number of para-hydroxylation sites is 1. The number of aromatic hydroxyl groups is 1. The standard InChI is InChI=1S/C24H30N4O2/c1-2-7-21-10-6-11-22(24(21)30)16-25-26-17-23(19-29)28-14-12-27(13-15-28)18-20-8-4-3-5-9-20/h2-6,8-11,16,19,23,26,30H,1,7,12-15,17-18H2/b25-16+. The van der Waals surface area contributed by atoms with E-state index in [1.807, 2.05) is 18.2 Å². The van der Waals surface area contributed by atoms with E-state index in [4.69, 9.17) is 0 Å². The quantitative estimate of drug-likeness (QED) is 0.275. The normalized spacial score (nSPS) is 16.4. The first-order valence-corrected chi connectivity index (χ1v) is 10.3. The molecule has 6 nitrogen and oxygen atoms in total. The van der Waals surface area contributed by atoms with E-state index < -0.39 is 0 Å². The zero-order chi connectivity index (χ0) is 21.2. The maximum atomic E-state index is 11.6. The Morgan fingerprint density at radius 1 is 1.10 bits per heavy atom. The summed E-state index contributed by atoms with van der Waals surface area (Å²) in [6, 6.07) is 15.8. The molecule has 30 heavy (non-hydrogen) atoms. The summed E-state index contributed by atoms with van der Waals surface area (Å²) in [5.74, 6) is 0.212. The highest BCUT2D eigenvalue weighted by Crippen LogP contribution is 2.21. The van der Waals surface area contributed by atoms with Crippen LogP contribution in [0, 0.1) is 0 Å². The maximum absolute atomic E-state index is 11.6. The number of hydrogen-bond acceptors (Lipinski definition) is 6. The van der Waals surface area contributed by atoms with Crippen molar-refractivity contribution in [2.75, 3.05) is 32.7 Å². The Morgan fingerprint density at radius 2 is 1.87 bits per heavy atom. The van der Waals surface area contributed by atoms with Crippen molar-refractivity contribution in [3.63, 3.8) is 0 Å². The van der Waals surface area contributed by atoms with Crippen molar-refractivity contribution in [2.24, 2.45) is 5.10 Å². The van der Waals surface area contributed by atoms with Gasteiger partial charge in [0.15, 0.2) is 0 Å². The van der Waals surface area contributed by atoms with Crippen LogP contribution < -0.4 is 5.43 Å². The molecule has 0 spiro atoms. The Hall–Kier alpha value is -2.96. The zero-order valence-corrected chi connectivity index (χ0v) is 17.3. The first-order valence-electron chi connectivity index (χ1n) is 10.3. The number of phenols is 1. The predicted molar refractivity (Wildman–Crippen MR) is 121 cm³/mol. The summed E-state index contributed by atoms with van der Waals surface area (Å²) >= 11 is 0. The van der Waals surface area contributed by atoms with Crippen molar-refractivity contribution in [1.29, 1.82) is 0 Å². The van der Waals surface area contributed by atoms with Gasteiger partial charge in [-0.3, -0.25) is 9.80 Å². The molecule has 2 aromatic carbocycles. The van der Waals surface area contributed by atoms with E-state index in [1.165, 1.54) is 5.56 Å². The zero-order valence-electron chi connectivity index (χ0n) is 17.3. The molecule has 1 unspecified atom stereocenters. The number of aldehydes is 1. The topological polar surface area (TPSA) is 68.2 Å². The highest BCUT2D eigenvalue weighted by Gasteiger charge is 2.23. The summed E-state index contributed by atoms with van der Waals surface area (Å²) < 4.78 is 0. The third-order valence-electron chi connectivity index (χ3n) is 5.39. The number of hydrogen-bond donors (Lipinski definition) is 2. The van der Waals surface area contributed by atoms with Gasteiger partial charge >= 0.3 is 0 Å². The molecule has 158 valence electrons. The van der Waals surface area contributed by atoms with Crippen LogP contribution in [-0.2, 0) is 17.8 Å².